The molecule has 28 heavy (non-hydrogen) atoms. The first kappa shape index (κ1) is 20.0. The molecule has 0 amide bonds. The van der Waals surface area contributed by atoms with Crippen LogP contribution >= 0.6 is 11.6 Å². The largest absolute Gasteiger partial charge is 0.417 e. The number of anilines is 1. The number of nitrogens with zero attached hydrogens (tertiary/aromatic N) is 2. The van der Waals surface area contributed by atoms with E-state index in [1.165, 1.54) is 30.6 Å². The second-order valence-corrected chi connectivity index (χ2v) is 6.43. The van der Waals surface area contributed by atoms with Gasteiger partial charge in [0.05, 0.1) is 16.3 Å². The van der Waals surface area contributed by atoms with E-state index < -0.39 is 22.8 Å². The maximum Gasteiger partial charge on any atom is 0.417 e. The molecule has 0 spiro atoms. The van der Waals surface area contributed by atoms with Crippen molar-refractivity contribution in [2.75, 3.05) is 11.9 Å². The van der Waals surface area contributed by atoms with E-state index in [4.69, 9.17) is 17.3 Å². The molecule has 0 bridgehead atoms. The predicted octanol–water partition coefficient (Wildman–Crippen LogP) is 5.07. The number of benzene rings is 2. The number of nitrogens with one attached hydrogen (secondary N) is 1. The second-order valence-electron chi connectivity index (χ2n) is 6.02. The molecule has 3 N–H and O–H groups in total. The zero-order chi connectivity index (χ0) is 20.3. The normalized spacial score (nSPS) is 12.6. The molecule has 0 unspecified atom stereocenters. The third-order valence-electron chi connectivity index (χ3n) is 4.02. The summed E-state index contributed by atoms with van der Waals surface area (Å²) in [6.07, 6.45) is -3.25. The summed E-state index contributed by atoms with van der Waals surface area (Å²) in [5.41, 5.74) is 6.56. The molecule has 0 radical (unpaired) electrons. The van der Waals surface area contributed by atoms with Crippen LogP contribution in [0.1, 0.15) is 17.2 Å². The maximum atomic E-state index is 13.3. The van der Waals surface area contributed by atoms with Gasteiger partial charge in [0.1, 0.15) is 18.0 Å². The molecule has 0 fully saturated rings. The summed E-state index contributed by atoms with van der Waals surface area (Å²) < 4.78 is 51.8. The lowest BCUT2D eigenvalue weighted by molar-refractivity contribution is -0.137. The smallest absolute Gasteiger partial charge is 0.368 e. The molecule has 0 saturated heterocycles. The standard InChI is InChI=1S/C19H15ClF4N4/c20-15-7-12(4-5-14(15)19(22,23)24)17-8-18(28-10-27-17)26-9-16(25)11-2-1-3-13(21)6-11/h1-8,10,16H,9,25H2,(H,26,27,28)/t16-/m1/s1. The Morgan fingerprint density at radius 3 is 2.54 bits per heavy atom. The van der Waals surface area contributed by atoms with Crippen LogP contribution in [0.15, 0.2) is 54.9 Å². The molecule has 3 rings (SSSR count). The summed E-state index contributed by atoms with van der Waals surface area (Å²) in [6.45, 7) is 0.272. The van der Waals surface area contributed by atoms with Gasteiger partial charge in [0, 0.05) is 24.2 Å². The van der Waals surface area contributed by atoms with Gasteiger partial charge < -0.3 is 11.1 Å². The van der Waals surface area contributed by atoms with E-state index >= 15 is 0 Å². The van der Waals surface area contributed by atoms with Gasteiger partial charge in [-0.05, 0) is 29.8 Å². The Bertz CT molecular complexity index is 978. The van der Waals surface area contributed by atoms with Gasteiger partial charge in [0.25, 0.3) is 0 Å². The zero-order valence-corrected chi connectivity index (χ0v) is 15.1. The van der Waals surface area contributed by atoms with Crippen molar-refractivity contribution in [3.63, 3.8) is 0 Å². The summed E-state index contributed by atoms with van der Waals surface area (Å²) >= 11 is 5.76. The molecule has 0 aliphatic carbocycles. The molecule has 3 aromatic rings. The molecule has 1 heterocycles. The molecule has 2 aromatic carbocycles. The van der Waals surface area contributed by atoms with Crippen molar-refractivity contribution in [3.05, 3.63) is 76.8 Å². The number of aromatic nitrogens is 2. The lowest BCUT2D eigenvalue weighted by atomic mass is 10.1. The average Bonchev–Trinajstić information content (AvgIpc) is 2.65. The molecule has 9 heteroatoms. The van der Waals surface area contributed by atoms with Crippen LogP contribution in [0.5, 0.6) is 0 Å². The Balaban J connectivity index is 1.75. The first-order valence-corrected chi connectivity index (χ1v) is 8.56. The maximum absolute atomic E-state index is 13.3. The number of rotatable bonds is 5. The Hall–Kier alpha value is -2.71. The fraction of sp³-hybridized carbons (Fsp3) is 0.158. The van der Waals surface area contributed by atoms with Gasteiger partial charge >= 0.3 is 6.18 Å². The fourth-order valence-corrected chi connectivity index (χ4v) is 2.87. The SMILES string of the molecule is N[C@H](CNc1cc(-c2ccc(C(F)(F)F)c(Cl)c2)ncn1)c1cccc(F)c1. The molecular weight excluding hydrogens is 396 g/mol. The minimum Gasteiger partial charge on any atom is -0.368 e. The van der Waals surface area contributed by atoms with Gasteiger partial charge in [-0.25, -0.2) is 14.4 Å². The van der Waals surface area contributed by atoms with E-state index in [1.54, 1.807) is 18.2 Å². The average molecular weight is 411 g/mol. The van der Waals surface area contributed by atoms with Gasteiger partial charge in [0.2, 0.25) is 0 Å². The van der Waals surface area contributed by atoms with Crippen LogP contribution in [0.25, 0.3) is 11.3 Å². The monoisotopic (exact) mass is 410 g/mol. The predicted molar refractivity (Wildman–Crippen MR) is 99.3 cm³/mol. The number of hydrogen-bond donors (Lipinski definition) is 2. The number of alkyl halides is 3. The van der Waals surface area contributed by atoms with E-state index in [2.05, 4.69) is 15.3 Å². The minimum absolute atomic E-state index is 0.272. The summed E-state index contributed by atoms with van der Waals surface area (Å²) in [6, 6.07) is 10.5. The zero-order valence-electron chi connectivity index (χ0n) is 14.3. The molecule has 146 valence electrons. The van der Waals surface area contributed by atoms with Crippen molar-refractivity contribution < 1.29 is 17.6 Å². The molecule has 1 atom stereocenters. The van der Waals surface area contributed by atoms with E-state index in [0.29, 0.717) is 22.6 Å². The van der Waals surface area contributed by atoms with Crippen molar-refractivity contribution in [3.8, 4) is 11.3 Å². The highest BCUT2D eigenvalue weighted by Crippen LogP contribution is 2.36. The molecule has 0 saturated carbocycles. The lowest BCUT2D eigenvalue weighted by Crippen LogP contribution is -2.21. The quantitative estimate of drug-likeness (QED) is 0.577. The van der Waals surface area contributed by atoms with Crippen LogP contribution in [0.4, 0.5) is 23.4 Å². The van der Waals surface area contributed by atoms with Gasteiger partial charge in [-0.2, -0.15) is 13.2 Å². The van der Waals surface area contributed by atoms with Crippen LogP contribution in [0.2, 0.25) is 5.02 Å². The number of halogens is 5. The fourth-order valence-electron chi connectivity index (χ4n) is 2.59. The molecule has 4 nitrogen and oxygen atoms in total. The molecule has 0 aliphatic rings. The second kappa shape index (κ2) is 8.12. The lowest BCUT2D eigenvalue weighted by Gasteiger charge is -2.14. The van der Waals surface area contributed by atoms with E-state index in [0.717, 1.165) is 6.07 Å². The third-order valence-corrected chi connectivity index (χ3v) is 4.33. The summed E-state index contributed by atoms with van der Waals surface area (Å²) in [4.78, 5) is 8.13. The summed E-state index contributed by atoms with van der Waals surface area (Å²) in [7, 11) is 0. The Morgan fingerprint density at radius 2 is 1.86 bits per heavy atom. The Labute approximate surface area is 163 Å². The minimum atomic E-state index is -4.53. The van der Waals surface area contributed by atoms with Crippen molar-refractivity contribution >= 4 is 17.4 Å². The van der Waals surface area contributed by atoms with Crippen molar-refractivity contribution in [2.24, 2.45) is 5.73 Å². The number of nitrogens with two attached hydrogens (primary N) is 1. The first-order valence-electron chi connectivity index (χ1n) is 8.18. The van der Waals surface area contributed by atoms with Crippen molar-refractivity contribution in [1.29, 1.82) is 0 Å². The van der Waals surface area contributed by atoms with Gasteiger partial charge in [-0.1, -0.05) is 29.8 Å². The van der Waals surface area contributed by atoms with Crippen LogP contribution < -0.4 is 11.1 Å². The molecular formula is C19H15ClF4N4. The summed E-state index contributed by atoms with van der Waals surface area (Å²) in [5, 5.41) is 2.60. The van der Waals surface area contributed by atoms with Crippen molar-refractivity contribution in [2.45, 2.75) is 12.2 Å². The van der Waals surface area contributed by atoms with Crippen LogP contribution in [0, 0.1) is 5.82 Å². The van der Waals surface area contributed by atoms with Gasteiger partial charge in [0.15, 0.2) is 0 Å². The van der Waals surface area contributed by atoms with Crippen molar-refractivity contribution in [1.82, 2.24) is 9.97 Å². The first-order chi connectivity index (χ1) is 13.2. The Kier molecular flexibility index (Phi) is 5.81. The van der Waals surface area contributed by atoms with Crippen LogP contribution in [-0.4, -0.2) is 16.5 Å². The van der Waals surface area contributed by atoms with Crippen LogP contribution in [-0.2, 0) is 6.18 Å². The highest BCUT2D eigenvalue weighted by atomic mass is 35.5. The van der Waals surface area contributed by atoms with E-state index in [1.807, 2.05) is 0 Å². The van der Waals surface area contributed by atoms with E-state index in [-0.39, 0.29) is 12.4 Å². The number of hydrogen-bond acceptors (Lipinski definition) is 4. The highest BCUT2D eigenvalue weighted by molar-refractivity contribution is 6.31. The topological polar surface area (TPSA) is 63.8 Å². The third kappa shape index (κ3) is 4.76. The molecule has 0 aliphatic heterocycles. The highest BCUT2D eigenvalue weighted by Gasteiger charge is 2.33. The van der Waals surface area contributed by atoms with E-state index in [9.17, 15) is 17.6 Å². The molecule has 1 aromatic heterocycles. The van der Waals surface area contributed by atoms with Gasteiger partial charge in [-0.3, -0.25) is 0 Å². The Morgan fingerprint density at radius 1 is 1.07 bits per heavy atom. The van der Waals surface area contributed by atoms with Crippen LogP contribution in [0.3, 0.4) is 0 Å². The summed E-state index contributed by atoms with van der Waals surface area (Å²) in [5.74, 6) is 0.0457. The van der Waals surface area contributed by atoms with Gasteiger partial charge in [-0.15, -0.1) is 0 Å².